The van der Waals surface area contributed by atoms with Crippen LogP contribution in [-0.2, 0) is 6.54 Å². The third-order valence-corrected chi connectivity index (χ3v) is 5.83. The molecule has 0 atom stereocenters. The van der Waals surface area contributed by atoms with Gasteiger partial charge in [-0.2, -0.15) is 13.2 Å². The van der Waals surface area contributed by atoms with E-state index >= 15 is 0 Å². The lowest BCUT2D eigenvalue weighted by Crippen LogP contribution is -2.50. The Hall–Kier alpha value is -1.34. The molecule has 0 radical (unpaired) electrons. The molecular formula is C19H28F3N3O. The lowest BCUT2D eigenvalue weighted by Gasteiger charge is -2.37. The van der Waals surface area contributed by atoms with E-state index in [4.69, 9.17) is 0 Å². The number of piperazine rings is 1. The maximum atomic E-state index is 12.7. The summed E-state index contributed by atoms with van der Waals surface area (Å²) in [6.07, 6.45) is 0.910. The van der Waals surface area contributed by atoms with Crippen LogP contribution >= 0.6 is 0 Å². The van der Waals surface area contributed by atoms with Crippen LogP contribution in [0, 0.1) is 13.8 Å². The molecule has 1 aromatic heterocycles. The number of halogens is 3. The Morgan fingerprint density at radius 3 is 2.31 bits per heavy atom. The minimum absolute atomic E-state index is 0.0826. The molecule has 7 heteroatoms. The number of ketones is 1. The molecule has 0 unspecified atom stereocenters. The van der Waals surface area contributed by atoms with E-state index in [1.54, 1.807) is 19.9 Å². The maximum absolute atomic E-state index is 12.7. The molecule has 0 amide bonds. The van der Waals surface area contributed by atoms with Gasteiger partial charge in [-0.3, -0.25) is 14.6 Å². The molecule has 1 saturated carbocycles. The molecule has 1 aliphatic carbocycles. The van der Waals surface area contributed by atoms with Crippen LogP contribution in [0.5, 0.6) is 0 Å². The van der Waals surface area contributed by atoms with Crippen molar-refractivity contribution in [2.24, 2.45) is 0 Å². The summed E-state index contributed by atoms with van der Waals surface area (Å²) in [6.45, 7) is 6.12. The number of alkyl halides is 3. The van der Waals surface area contributed by atoms with Gasteiger partial charge in [0.05, 0.1) is 6.54 Å². The minimum atomic E-state index is -4.29. The van der Waals surface area contributed by atoms with Gasteiger partial charge in [0, 0.05) is 49.2 Å². The highest BCUT2D eigenvalue weighted by Crippen LogP contribution is 2.25. The fourth-order valence-corrected chi connectivity index (χ4v) is 4.35. The standard InChI is InChI=1S/C19H28F3N3O/c1-14-11-17(15(2)25(14)13-19(20,21)22)18(26)12-23-7-9-24(10-8-23)16-5-3-4-6-16/h11,16H,3-10,12-13H2,1-2H3. The second-order valence-electron chi connectivity index (χ2n) is 7.66. The molecule has 2 heterocycles. The average molecular weight is 371 g/mol. The van der Waals surface area contributed by atoms with Gasteiger partial charge in [-0.15, -0.1) is 0 Å². The van der Waals surface area contributed by atoms with Crippen LogP contribution < -0.4 is 0 Å². The topological polar surface area (TPSA) is 28.5 Å². The largest absolute Gasteiger partial charge is 0.406 e. The first kappa shape index (κ1) is 19.4. The van der Waals surface area contributed by atoms with Gasteiger partial charge in [0.1, 0.15) is 6.54 Å². The van der Waals surface area contributed by atoms with Crippen molar-refractivity contribution in [1.29, 1.82) is 0 Å². The third-order valence-electron chi connectivity index (χ3n) is 5.83. The number of Topliss-reactive ketones (excluding diaryl/α,β-unsaturated/α-hetero) is 1. The van der Waals surface area contributed by atoms with E-state index in [2.05, 4.69) is 9.80 Å². The lowest BCUT2D eigenvalue weighted by atomic mass is 10.1. The number of carbonyl (C=O) groups excluding carboxylic acids is 1. The molecular weight excluding hydrogens is 343 g/mol. The van der Waals surface area contributed by atoms with Gasteiger partial charge < -0.3 is 4.57 Å². The fraction of sp³-hybridized carbons (Fsp3) is 0.737. The smallest absolute Gasteiger partial charge is 0.339 e. The van der Waals surface area contributed by atoms with Crippen molar-refractivity contribution in [3.63, 3.8) is 0 Å². The van der Waals surface area contributed by atoms with Crippen molar-refractivity contribution < 1.29 is 18.0 Å². The highest BCUT2D eigenvalue weighted by molar-refractivity contribution is 5.99. The Morgan fingerprint density at radius 2 is 1.73 bits per heavy atom. The van der Waals surface area contributed by atoms with Crippen molar-refractivity contribution >= 4 is 5.78 Å². The van der Waals surface area contributed by atoms with Crippen molar-refractivity contribution in [2.75, 3.05) is 32.7 Å². The second-order valence-corrected chi connectivity index (χ2v) is 7.66. The second kappa shape index (κ2) is 7.72. The molecule has 1 saturated heterocycles. The number of hydrogen-bond donors (Lipinski definition) is 0. The van der Waals surface area contributed by atoms with E-state index < -0.39 is 12.7 Å². The van der Waals surface area contributed by atoms with Crippen molar-refractivity contribution in [3.05, 3.63) is 23.0 Å². The fourth-order valence-electron chi connectivity index (χ4n) is 4.35. The number of aryl methyl sites for hydroxylation is 1. The predicted molar refractivity (Wildman–Crippen MR) is 94.6 cm³/mol. The molecule has 2 fully saturated rings. The highest BCUT2D eigenvalue weighted by atomic mass is 19.4. The summed E-state index contributed by atoms with van der Waals surface area (Å²) >= 11 is 0. The molecule has 4 nitrogen and oxygen atoms in total. The first-order chi connectivity index (χ1) is 12.2. The molecule has 3 rings (SSSR count). The van der Waals surface area contributed by atoms with E-state index in [0.717, 1.165) is 26.2 Å². The Balaban J connectivity index is 1.58. The van der Waals surface area contributed by atoms with Crippen LogP contribution in [0.15, 0.2) is 6.07 Å². The molecule has 1 aromatic rings. The monoisotopic (exact) mass is 371 g/mol. The number of nitrogens with zero attached hydrogens (tertiary/aromatic N) is 3. The Labute approximate surface area is 152 Å². The molecule has 0 N–H and O–H groups in total. The average Bonchev–Trinajstić information content (AvgIpc) is 3.19. The van der Waals surface area contributed by atoms with Gasteiger partial charge in [-0.25, -0.2) is 0 Å². The highest BCUT2D eigenvalue weighted by Gasteiger charge is 2.31. The Morgan fingerprint density at radius 1 is 1.12 bits per heavy atom. The summed E-state index contributed by atoms with van der Waals surface area (Å²) in [4.78, 5) is 17.3. The molecule has 146 valence electrons. The van der Waals surface area contributed by atoms with Crippen LogP contribution in [-0.4, -0.2) is 65.1 Å². The predicted octanol–water partition coefficient (Wildman–Crippen LogP) is 3.41. The van der Waals surface area contributed by atoms with Crippen LogP contribution in [0.4, 0.5) is 13.2 Å². The first-order valence-electron chi connectivity index (χ1n) is 9.47. The zero-order valence-corrected chi connectivity index (χ0v) is 15.6. The zero-order valence-electron chi connectivity index (χ0n) is 15.6. The number of carbonyl (C=O) groups is 1. The van der Waals surface area contributed by atoms with Crippen LogP contribution in [0.2, 0.25) is 0 Å². The number of rotatable bonds is 5. The summed E-state index contributed by atoms with van der Waals surface area (Å²) < 4.78 is 39.4. The summed E-state index contributed by atoms with van der Waals surface area (Å²) in [5, 5.41) is 0. The van der Waals surface area contributed by atoms with Gasteiger partial charge in [-0.1, -0.05) is 12.8 Å². The van der Waals surface area contributed by atoms with E-state index in [9.17, 15) is 18.0 Å². The Bertz CT molecular complexity index is 639. The molecule has 26 heavy (non-hydrogen) atoms. The van der Waals surface area contributed by atoms with Crippen LogP contribution in [0.25, 0.3) is 0 Å². The molecule has 1 aliphatic heterocycles. The van der Waals surface area contributed by atoms with E-state index in [-0.39, 0.29) is 12.3 Å². The van der Waals surface area contributed by atoms with Crippen LogP contribution in [0.1, 0.15) is 47.4 Å². The summed E-state index contributed by atoms with van der Waals surface area (Å²) in [5.74, 6) is -0.0826. The van der Waals surface area contributed by atoms with Gasteiger partial charge in [0.15, 0.2) is 5.78 Å². The van der Waals surface area contributed by atoms with E-state index in [1.165, 1.54) is 30.3 Å². The third kappa shape index (κ3) is 4.49. The zero-order chi connectivity index (χ0) is 18.9. The van der Waals surface area contributed by atoms with Gasteiger partial charge in [-0.05, 0) is 32.8 Å². The molecule has 0 bridgehead atoms. The lowest BCUT2D eigenvalue weighted by molar-refractivity contribution is -0.141. The SMILES string of the molecule is Cc1cc(C(=O)CN2CCN(C3CCCC3)CC2)c(C)n1CC(F)(F)F. The van der Waals surface area contributed by atoms with Crippen molar-refractivity contribution in [1.82, 2.24) is 14.4 Å². The van der Waals surface area contributed by atoms with Crippen molar-refractivity contribution in [3.8, 4) is 0 Å². The van der Waals surface area contributed by atoms with Gasteiger partial charge in [0.2, 0.25) is 0 Å². The molecule has 0 aromatic carbocycles. The number of hydrogen-bond acceptors (Lipinski definition) is 3. The minimum Gasteiger partial charge on any atom is -0.339 e. The maximum Gasteiger partial charge on any atom is 0.406 e. The van der Waals surface area contributed by atoms with E-state index in [0.29, 0.717) is 23.0 Å². The van der Waals surface area contributed by atoms with Crippen molar-refractivity contribution in [2.45, 2.75) is 58.3 Å². The quantitative estimate of drug-likeness (QED) is 0.743. The van der Waals surface area contributed by atoms with E-state index in [1.807, 2.05) is 0 Å². The summed E-state index contributed by atoms with van der Waals surface area (Å²) in [5.41, 5.74) is 1.31. The molecule has 0 spiro atoms. The summed E-state index contributed by atoms with van der Waals surface area (Å²) in [7, 11) is 0. The number of aromatic nitrogens is 1. The Kier molecular flexibility index (Phi) is 5.77. The summed E-state index contributed by atoms with van der Waals surface area (Å²) in [6, 6.07) is 2.30. The van der Waals surface area contributed by atoms with Crippen LogP contribution in [0.3, 0.4) is 0 Å². The molecule has 2 aliphatic rings. The van der Waals surface area contributed by atoms with Gasteiger partial charge in [0.25, 0.3) is 0 Å². The first-order valence-corrected chi connectivity index (χ1v) is 9.47. The van der Waals surface area contributed by atoms with Gasteiger partial charge >= 0.3 is 6.18 Å². The normalized spacial score (nSPS) is 20.8.